The van der Waals surface area contributed by atoms with E-state index in [0.717, 1.165) is 42.4 Å². The van der Waals surface area contributed by atoms with Gasteiger partial charge in [0.2, 0.25) is 0 Å². The van der Waals surface area contributed by atoms with Crippen LogP contribution < -0.4 is 20.1 Å². The minimum Gasteiger partial charge on any atom is -0.497 e. The maximum Gasteiger partial charge on any atom is 0.191 e. The lowest BCUT2D eigenvalue weighted by atomic mass is 9.96. The van der Waals surface area contributed by atoms with Gasteiger partial charge in [0, 0.05) is 18.2 Å². The van der Waals surface area contributed by atoms with Gasteiger partial charge in [0.1, 0.15) is 11.5 Å². The molecular formula is C18H27N3O3. The molecule has 0 radical (unpaired) electrons. The smallest absolute Gasteiger partial charge is 0.191 e. The van der Waals surface area contributed by atoms with Gasteiger partial charge in [0.15, 0.2) is 5.96 Å². The number of aliphatic imine (C=N–C) groups is 1. The van der Waals surface area contributed by atoms with Crippen LogP contribution in [0.25, 0.3) is 0 Å². The van der Waals surface area contributed by atoms with E-state index in [1.165, 1.54) is 6.42 Å². The predicted octanol–water partition coefficient (Wildman–Crippen LogP) is 2.08. The van der Waals surface area contributed by atoms with E-state index < -0.39 is 0 Å². The molecule has 132 valence electrons. The largest absolute Gasteiger partial charge is 0.497 e. The lowest BCUT2D eigenvalue weighted by Crippen LogP contribution is -2.47. The number of ether oxygens (including phenoxy) is 3. The van der Waals surface area contributed by atoms with Gasteiger partial charge >= 0.3 is 0 Å². The monoisotopic (exact) mass is 333 g/mol. The van der Waals surface area contributed by atoms with Crippen LogP contribution in [0.15, 0.2) is 23.2 Å². The standard InChI is InChI=1S/C18H27N3O3/c1-4-19-18(21-15-9-14-7-8-16(15)24-14)20-11-12-5-6-13(22-2)10-17(12)23-3/h5-6,10,14-16H,4,7-9,11H2,1-3H3,(H2,19,20,21). The molecule has 2 saturated heterocycles. The molecule has 2 heterocycles. The highest BCUT2D eigenvalue weighted by molar-refractivity contribution is 5.80. The van der Waals surface area contributed by atoms with Crippen LogP contribution in [0.1, 0.15) is 31.7 Å². The van der Waals surface area contributed by atoms with E-state index in [2.05, 4.69) is 17.6 Å². The fraction of sp³-hybridized carbons (Fsp3) is 0.611. The molecule has 2 bridgehead atoms. The molecule has 24 heavy (non-hydrogen) atoms. The first kappa shape index (κ1) is 16.9. The Labute approximate surface area is 143 Å². The van der Waals surface area contributed by atoms with Crippen LogP contribution in [0.5, 0.6) is 11.5 Å². The molecule has 6 nitrogen and oxygen atoms in total. The maximum atomic E-state index is 5.91. The zero-order chi connectivity index (χ0) is 16.9. The normalized spacial score (nSPS) is 25.6. The first-order chi connectivity index (χ1) is 11.7. The fourth-order valence-electron chi connectivity index (χ4n) is 3.43. The molecular weight excluding hydrogens is 306 g/mol. The lowest BCUT2D eigenvalue weighted by molar-refractivity contribution is 0.0992. The molecule has 2 aliphatic heterocycles. The van der Waals surface area contributed by atoms with E-state index in [-0.39, 0.29) is 0 Å². The number of nitrogens with zero attached hydrogens (tertiary/aromatic N) is 1. The molecule has 2 N–H and O–H groups in total. The summed E-state index contributed by atoms with van der Waals surface area (Å²) in [6.45, 7) is 3.44. The van der Waals surface area contributed by atoms with Gasteiger partial charge in [-0.1, -0.05) is 0 Å². The summed E-state index contributed by atoms with van der Waals surface area (Å²) in [7, 11) is 3.31. The fourth-order valence-corrected chi connectivity index (χ4v) is 3.43. The molecule has 0 spiro atoms. The Kier molecular flexibility index (Phi) is 5.45. The number of fused-ring (bicyclic) bond motifs is 2. The van der Waals surface area contributed by atoms with Crippen molar-refractivity contribution in [2.45, 2.75) is 51.0 Å². The van der Waals surface area contributed by atoms with E-state index in [1.807, 2.05) is 18.2 Å². The first-order valence-electron chi connectivity index (χ1n) is 8.64. The minimum absolute atomic E-state index is 0.328. The Bertz CT molecular complexity index is 591. The number of hydrogen-bond acceptors (Lipinski definition) is 4. The summed E-state index contributed by atoms with van der Waals surface area (Å²) in [6.07, 6.45) is 4.17. The van der Waals surface area contributed by atoms with Crippen LogP contribution in [-0.4, -0.2) is 45.0 Å². The van der Waals surface area contributed by atoms with Crippen LogP contribution in [-0.2, 0) is 11.3 Å². The number of benzene rings is 1. The summed E-state index contributed by atoms with van der Waals surface area (Å²) in [4.78, 5) is 4.71. The number of hydrogen-bond donors (Lipinski definition) is 2. The molecule has 3 unspecified atom stereocenters. The van der Waals surface area contributed by atoms with E-state index in [4.69, 9.17) is 19.2 Å². The van der Waals surface area contributed by atoms with Gasteiger partial charge in [-0.3, -0.25) is 0 Å². The van der Waals surface area contributed by atoms with Crippen LogP contribution in [0.3, 0.4) is 0 Å². The van der Waals surface area contributed by atoms with Crippen LogP contribution in [0.4, 0.5) is 0 Å². The summed E-state index contributed by atoms with van der Waals surface area (Å²) in [5.41, 5.74) is 1.03. The van der Waals surface area contributed by atoms with Crippen LogP contribution >= 0.6 is 0 Å². The van der Waals surface area contributed by atoms with Gasteiger partial charge in [0.05, 0.1) is 39.0 Å². The Balaban J connectivity index is 1.67. The zero-order valence-corrected chi connectivity index (χ0v) is 14.7. The molecule has 0 saturated carbocycles. The molecule has 0 aromatic heterocycles. The third-order valence-electron chi connectivity index (χ3n) is 4.67. The van der Waals surface area contributed by atoms with Crippen molar-refractivity contribution >= 4 is 5.96 Å². The maximum absolute atomic E-state index is 5.91. The van der Waals surface area contributed by atoms with Gasteiger partial charge in [-0.15, -0.1) is 0 Å². The van der Waals surface area contributed by atoms with Gasteiger partial charge in [-0.05, 0) is 38.3 Å². The second-order valence-corrected chi connectivity index (χ2v) is 6.23. The molecule has 6 heteroatoms. The van der Waals surface area contributed by atoms with Crippen molar-refractivity contribution in [3.05, 3.63) is 23.8 Å². The Hall–Kier alpha value is -1.95. The van der Waals surface area contributed by atoms with E-state index in [0.29, 0.717) is 24.8 Å². The molecule has 3 rings (SSSR count). The van der Waals surface area contributed by atoms with Gasteiger partial charge < -0.3 is 24.8 Å². The first-order valence-corrected chi connectivity index (χ1v) is 8.64. The van der Waals surface area contributed by atoms with Crippen molar-refractivity contribution in [1.29, 1.82) is 0 Å². The summed E-state index contributed by atoms with van der Waals surface area (Å²) < 4.78 is 16.6. The van der Waals surface area contributed by atoms with Gasteiger partial charge in [0.25, 0.3) is 0 Å². The topological polar surface area (TPSA) is 64.1 Å². The Morgan fingerprint density at radius 1 is 1.29 bits per heavy atom. The zero-order valence-electron chi connectivity index (χ0n) is 14.7. The van der Waals surface area contributed by atoms with E-state index in [1.54, 1.807) is 14.2 Å². The van der Waals surface area contributed by atoms with Crippen molar-refractivity contribution in [1.82, 2.24) is 10.6 Å². The average Bonchev–Trinajstić information content (AvgIpc) is 3.22. The molecule has 2 fully saturated rings. The summed E-state index contributed by atoms with van der Waals surface area (Å²) in [5, 5.41) is 6.84. The molecule has 2 aliphatic rings. The van der Waals surface area contributed by atoms with Crippen molar-refractivity contribution in [3.63, 3.8) is 0 Å². The average molecular weight is 333 g/mol. The molecule has 0 amide bonds. The third kappa shape index (κ3) is 3.75. The predicted molar refractivity (Wildman–Crippen MR) is 93.8 cm³/mol. The van der Waals surface area contributed by atoms with Crippen molar-refractivity contribution in [2.24, 2.45) is 4.99 Å². The van der Waals surface area contributed by atoms with Crippen molar-refractivity contribution < 1.29 is 14.2 Å². The summed E-state index contributed by atoms with van der Waals surface area (Å²) >= 11 is 0. The van der Waals surface area contributed by atoms with Crippen molar-refractivity contribution in [2.75, 3.05) is 20.8 Å². The second kappa shape index (κ2) is 7.75. The van der Waals surface area contributed by atoms with Crippen LogP contribution in [0.2, 0.25) is 0 Å². The SMILES string of the molecule is CCNC(=NCc1ccc(OC)cc1OC)NC1CC2CCC1O2. The van der Waals surface area contributed by atoms with Gasteiger partial charge in [-0.2, -0.15) is 0 Å². The van der Waals surface area contributed by atoms with Gasteiger partial charge in [-0.25, -0.2) is 4.99 Å². The number of methoxy groups -OCH3 is 2. The Morgan fingerprint density at radius 2 is 2.17 bits per heavy atom. The third-order valence-corrected chi connectivity index (χ3v) is 4.67. The second-order valence-electron chi connectivity index (χ2n) is 6.23. The van der Waals surface area contributed by atoms with E-state index >= 15 is 0 Å². The Morgan fingerprint density at radius 3 is 2.79 bits per heavy atom. The molecule has 1 aromatic carbocycles. The molecule has 1 aromatic rings. The number of guanidine groups is 1. The van der Waals surface area contributed by atoms with E-state index in [9.17, 15) is 0 Å². The number of nitrogens with one attached hydrogen (secondary N) is 2. The quantitative estimate of drug-likeness (QED) is 0.616. The molecule has 0 aliphatic carbocycles. The highest BCUT2D eigenvalue weighted by Gasteiger charge is 2.41. The highest BCUT2D eigenvalue weighted by atomic mass is 16.5. The summed E-state index contributed by atoms with van der Waals surface area (Å²) in [5.74, 6) is 2.40. The molecule has 3 atom stereocenters. The number of rotatable bonds is 6. The lowest BCUT2D eigenvalue weighted by Gasteiger charge is -2.22. The summed E-state index contributed by atoms with van der Waals surface area (Å²) in [6, 6.07) is 6.16. The highest BCUT2D eigenvalue weighted by Crippen LogP contribution is 2.34. The minimum atomic E-state index is 0.328. The van der Waals surface area contributed by atoms with Crippen molar-refractivity contribution in [3.8, 4) is 11.5 Å². The van der Waals surface area contributed by atoms with Crippen LogP contribution in [0, 0.1) is 0 Å².